The lowest BCUT2D eigenvalue weighted by Crippen LogP contribution is -2.38. The molecule has 3 rings (SSSR count). The molecule has 26 heavy (non-hydrogen) atoms. The Morgan fingerprint density at radius 1 is 1.15 bits per heavy atom. The van der Waals surface area contributed by atoms with Crippen molar-refractivity contribution in [2.45, 2.75) is 52.0 Å². The highest BCUT2D eigenvalue weighted by molar-refractivity contribution is 5.79. The van der Waals surface area contributed by atoms with Gasteiger partial charge in [0.25, 0.3) is 0 Å². The van der Waals surface area contributed by atoms with Gasteiger partial charge in [-0.05, 0) is 31.9 Å². The van der Waals surface area contributed by atoms with Crippen molar-refractivity contribution < 1.29 is 0 Å². The monoisotopic (exact) mass is 355 g/mol. The summed E-state index contributed by atoms with van der Waals surface area (Å²) >= 11 is 0. The lowest BCUT2D eigenvalue weighted by molar-refractivity contribution is 0.604. The number of fused-ring (bicyclic) bond motifs is 1. The standard InChI is InChI=1S/C19H29N7/c1-2-20-19(22-13-10-16-8-5-6-12-21-16)23-14-11-18-25-24-17-9-4-3-7-15-26(17)18/h5-6,8,12H,2-4,7,9-11,13-15H2,1H3,(H2,20,22,23). The SMILES string of the molecule is CCNC(=NCCc1nnc2n1CCCCC2)NCCc1ccccn1. The Hall–Kier alpha value is -2.44. The summed E-state index contributed by atoms with van der Waals surface area (Å²) in [4.78, 5) is 9.03. The van der Waals surface area contributed by atoms with Crippen molar-refractivity contribution >= 4 is 5.96 Å². The normalized spacial score (nSPS) is 14.6. The Bertz CT molecular complexity index is 693. The summed E-state index contributed by atoms with van der Waals surface area (Å²) in [6.45, 7) is 5.48. The fourth-order valence-electron chi connectivity index (χ4n) is 3.19. The average Bonchev–Trinajstić information content (AvgIpc) is 2.89. The van der Waals surface area contributed by atoms with Crippen LogP contribution >= 0.6 is 0 Å². The van der Waals surface area contributed by atoms with Crippen molar-refractivity contribution in [2.75, 3.05) is 19.6 Å². The topological polar surface area (TPSA) is 80.0 Å². The van der Waals surface area contributed by atoms with E-state index in [1.807, 2.05) is 24.4 Å². The van der Waals surface area contributed by atoms with Crippen molar-refractivity contribution in [1.29, 1.82) is 0 Å². The number of rotatable bonds is 7. The third-order valence-electron chi connectivity index (χ3n) is 4.54. The summed E-state index contributed by atoms with van der Waals surface area (Å²) < 4.78 is 2.30. The molecule has 0 saturated heterocycles. The third kappa shape index (κ3) is 5.28. The first kappa shape index (κ1) is 18.4. The van der Waals surface area contributed by atoms with E-state index in [2.05, 4.69) is 42.3 Å². The first-order valence-corrected chi connectivity index (χ1v) is 9.70. The van der Waals surface area contributed by atoms with Gasteiger partial charge in [-0.3, -0.25) is 9.98 Å². The van der Waals surface area contributed by atoms with Gasteiger partial charge in [0.05, 0.1) is 0 Å². The number of pyridine rings is 1. The molecule has 0 unspecified atom stereocenters. The molecule has 0 aliphatic carbocycles. The molecule has 0 spiro atoms. The van der Waals surface area contributed by atoms with Crippen LogP contribution in [0.3, 0.4) is 0 Å². The van der Waals surface area contributed by atoms with Crippen LogP contribution in [0, 0.1) is 0 Å². The molecule has 0 saturated carbocycles. The third-order valence-corrected chi connectivity index (χ3v) is 4.54. The first-order valence-electron chi connectivity index (χ1n) is 9.70. The van der Waals surface area contributed by atoms with Crippen LogP contribution in [0.1, 0.15) is 43.5 Å². The Balaban J connectivity index is 1.50. The smallest absolute Gasteiger partial charge is 0.191 e. The minimum atomic E-state index is 0.705. The number of aromatic nitrogens is 4. The van der Waals surface area contributed by atoms with Crippen LogP contribution in [0.15, 0.2) is 29.4 Å². The van der Waals surface area contributed by atoms with Gasteiger partial charge in [0.1, 0.15) is 11.6 Å². The second kappa shape index (κ2) is 9.89. The van der Waals surface area contributed by atoms with E-state index in [-0.39, 0.29) is 0 Å². The van der Waals surface area contributed by atoms with E-state index in [0.717, 1.165) is 62.2 Å². The fourth-order valence-corrected chi connectivity index (χ4v) is 3.19. The molecule has 0 radical (unpaired) electrons. The molecular weight excluding hydrogens is 326 g/mol. The van der Waals surface area contributed by atoms with Gasteiger partial charge in [0, 0.05) is 57.3 Å². The van der Waals surface area contributed by atoms with E-state index >= 15 is 0 Å². The van der Waals surface area contributed by atoms with Crippen molar-refractivity contribution in [3.05, 3.63) is 41.7 Å². The highest BCUT2D eigenvalue weighted by Gasteiger charge is 2.14. The number of guanidine groups is 1. The zero-order valence-corrected chi connectivity index (χ0v) is 15.6. The van der Waals surface area contributed by atoms with Gasteiger partial charge in [-0.1, -0.05) is 12.5 Å². The van der Waals surface area contributed by atoms with E-state index in [9.17, 15) is 0 Å². The van der Waals surface area contributed by atoms with Gasteiger partial charge in [0.15, 0.2) is 5.96 Å². The summed E-state index contributed by atoms with van der Waals surface area (Å²) in [7, 11) is 0. The van der Waals surface area contributed by atoms with Crippen LogP contribution in [0.25, 0.3) is 0 Å². The molecule has 0 amide bonds. The first-order chi connectivity index (χ1) is 12.9. The van der Waals surface area contributed by atoms with Crippen LogP contribution in [0.4, 0.5) is 0 Å². The highest BCUT2D eigenvalue weighted by atomic mass is 15.3. The molecule has 140 valence electrons. The second-order valence-electron chi connectivity index (χ2n) is 6.50. The molecule has 1 aliphatic rings. The van der Waals surface area contributed by atoms with Crippen molar-refractivity contribution in [1.82, 2.24) is 30.4 Å². The van der Waals surface area contributed by atoms with Gasteiger partial charge in [0.2, 0.25) is 0 Å². The van der Waals surface area contributed by atoms with Gasteiger partial charge < -0.3 is 15.2 Å². The lowest BCUT2D eigenvalue weighted by atomic mass is 10.2. The largest absolute Gasteiger partial charge is 0.357 e. The summed E-state index contributed by atoms with van der Waals surface area (Å²) in [5.41, 5.74) is 1.09. The van der Waals surface area contributed by atoms with Crippen molar-refractivity contribution in [3.63, 3.8) is 0 Å². The summed E-state index contributed by atoms with van der Waals surface area (Å²) in [6.07, 6.45) is 8.31. The van der Waals surface area contributed by atoms with E-state index in [4.69, 9.17) is 0 Å². The molecular formula is C19H29N7. The summed E-state index contributed by atoms with van der Waals surface area (Å²) in [5.74, 6) is 3.05. The lowest BCUT2D eigenvalue weighted by Gasteiger charge is -2.11. The predicted molar refractivity (Wildman–Crippen MR) is 103 cm³/mol. The fraction of sp³-hybridized carbons (Fsp3) is 0.579. The van der Waals surface area contributed by atoms with E-state index in [1.165, 1.54) is 19.3 Å². The molecule has 0 atom stereocenters. The molecule has 0 fully saturated rings. The van der Waals surface area contributed by atoms with Crippen LogP contribution < -0.4 is 10.6 Å². The van der Waals surface area contributed by atoms with Gasteiger partial charge in [-0.2, -0.15) is 0 Å². The van der Waals surface area contributed by atoms with Crippen LogP contribution in [0.5, 0.6) is 0 Å². The molecule has 0 bridgehead atoms. The van der Waals surface area contributed by atoms with Crippen molar-refractivity contribution in [2.24, 2.45) is 4.99 Å². The molecule has 2 aromatic rings. The maximum absolute atomic E-state index is 4.68. The van der Waals surface area contributed by atoms with Crippen LogP contribution in [-0.2, 0) is 25.8 Å². The average molecular weight is 355 g/mol. The second-order valence-corrected chi connectivity index (χ2v) is 6.50. The Morgan fingerprint density at radius 3 is 2.96 bits per heavy atom. The summed E-state index contributed by atoms with van der Waals surface area (Å²) in [6, 6.07) is 6.00. The van der Waals surface area contributed by atoms with E-state index in [0.29, 0.717) is 6.54 Å². The predicted octanol–water partition coefficient (Wildman–Crippen LogP) is 1.74. The molecule has 1 aliphatic heterocycles. The summed E-state index contributed by atoms with van der Waals surface area (Å²) in [5, 5.41) is 15.4. The number of nitrogens with one attached hydrogen (secondary N) is 2. The Morgan fingerprint density at radius 2 is 2.12 bits per heavy atom. The Labute approximate surface area is 155 Å². The maximum atomic E-state index is 4.68. The number of aryl methyl sites for hydroxylation is 1. The number of aliphatic imine (C=N–C) groups is 1. The minimum absolute atomic E-state index is 0.705. The van der Waals surface area contributed by atoms with Crippen molar-refractivity contribution in [3.8, 4) is 0 Å². The molecule has 7 nitrogen and oxygen atoms in total. The highest BCUT2D eigenvalue weighted by Crippen LogP contribution is 2.14. The van der Waals surface area contributed by atoms with Gasteiger partial charge in [-0.15, -0.1) is 10.2 Å². The van der Waals surface area contributed by atoms with Crippen LogP contribution in [-0.4, -0.2) is 45.3 Å². The molecule has 2 aromatic heterocycles. The van der Waals surface area contributed by atoms with Crippen LogP contribution in [0.2, 0.25) is 0 Å². The number of hydrogen-bond acceptors (Lipinski definition) is 4. The molecule has 7 heteroatoms. The van der Waals surface area contributed by atoms with Gasteiger partial charge >= 0.3 is 0 Å². The quantitative estimate of drug-likeness (QED) is 0.584. The zero-order valence-electron chi connectivity index (χ0n) is 15.6. The van der Waals surface area contributed by atoms with Gasteiger partial charge in [-0.25, -0.2) is 0 Å². The maximum Gasteiger partial charge on any atom is 0.191 e. The zero-order chi connectivity index (χ0) is 18.0. The Kier molecular flexibility index (Phi) is 6.98. The molecule has 0 aromatic carbocycles. The molecule has 2 N–H and O–H groups in total. The molecule has 3 heterocycles. The number of nitrogens with zero attached hydrogens (tertiary/aromatic N) is 5. The minimum Gasteiger partial charge on any atom is -0.357 e. The number of hydrogen-bond donors (Lipinski definition) is 2. The van der Waals surface area contributed by atoms with E-state index < -0.39 is 0 Å². The van der Waals surface area contributed by atoms with E-state index in [1.54, 1.807) is 0 Å².